The van der Waals surface area contributed by atoms with Crippen molar-refractivity contribution in [1.82, 2.24) is 10.2 Å². The van der Waals surface area contributed by atoms with E-state index in [0.717, 1.165) is 22.3 Å². The number of methoxy groups -OCH3 is 1. The maximum Gasteiger partial charge on any atom is 0.408 e. The second-order valence-electron chi connectivity index (χ2n) is 8.35. The minimum Gasteiger partial charge on any atom is -0.481 e. The normalized spacial score (nSPS) is 14.0. The van der Waals surface area contributed by atoms with Crippen LogP contribution in [-0.2, 0) is 19.1 Å². The van der Waals surface area contributed by atoms with Crippen molar-refractivity contribution < 1.29 is 29.0 Å². The van der Waals surface area contributed by atoms with Gasteiger partial charge in [-0.2, -0.15) is 0 Å². The van der Waals surface area contributed by atoms with Crippen LogP contribution in [0.1, 0.15) is 43.7 Å². The summed E-state index contributed by atoms with van der Waals surface area (Å²) >= 11 is 0. The number of amides is 2. The van der Waals surface area contributed by atoms with Crippen molar-refractivity contribution in [3.63, 3.8) is 0 Å². The van der Waals surface area contributed by atoms with Crippen molar-refractivity contribution in [1.29, 1.82) is 0 Å². The molecule has 2 N–H and O–H groups in total. The average molecular weight is 469 g/mol. The van der Waals surface area contributed by atoms with E-state index in [1.165, 1.54) is 12.0 Å². The van der Waals surface area contributed by atoms with Gasteiger partial charge in [-0.15, -0.1) is 0 Å². The summed E-state index contributed by atoms with van der Waals surface area (Å²) in [5.74, 6) is -1.49. The number of carbonyl (C=O) groups excluding carboxylic acids is 2. The molecule has 182 valence electrons. The van der Waals surface area contributed by atoms with Crippen molar-refractivity contribution in [2.24, 2.45) is 0 Å². The van der Waals surface area contributed by atoms with Gasteiger partial charge in [0.25, 0.3) is 5.91 Å². The Balaban J connectivity index is 1.74. The van der Waals surface area contributed by atoms with Gasteiger partial charge in [0, 0.05) is 26.1 Å². The summed E-state index contributed by atoms with van der Waals surface area (Å²) in [5, 5.41) is 11.7. The largest absolute Gasteiger partial charge is 0.481 e. The highest BCUT2D eigenvalue weighted by Gasteiger charge is 2.42. The molecule has 2 aromatic carbocycles. The summed E-state index contributed by atoms with van der Waals surface area (Å²) in [6.45, 7) is 3.95. The number of hydrogen-bond donors (Lipinski definition) is 2. The Kier molecular flexibility index (Phi) is 8.28. The summed E-state index contributed by atoms with van der Waals surface area (Å²) in [5.41, 5.74) is 3.09. The molecule has 0 saturated carbocycles. The molecule has 1 atom stereocenters. The lowest BCUT2D eigenvalue weighted by Gasteiger charge is -2.36. The van der Waals surface area contributed by atoms with Gasteiger partial charge in [-0.05, 0) is 35.6 Å². The van der Waals surface area contributed by atoms with Gasteiger partial charge < -0.3 is 24.8 Å². The predicted octanol–water partition coefficient (Wildman–Crippen LogP) is 3.64. The zero-order valence-electron chi connectivity index (χ0n) is 19.9. The Bertz CT molecular complexity index is 994. The molecule has 0 aliphatic heterocycles. The number of benzene rings is 2. The molecule has 2 amide bonds. The number of aliphatic carboxylic acids is 1. The third-order valence-electron chi connectivity index (χ3n) is 6.35. The van der Waals surface area contributed by atoms with E-state index in [4.69, 9.17) is 14.6 Å². The van der Waals surface area contributed by atoms with Crippen LogP contribution in [-0.4, -0.2) is 66.9 Å². The molecule has 0 fully saturated rings. The van der Waals surface area contributed by atoms with E-state index >= 15 is 0 Å². The summed E-state index contributed by atoms with van der Waals surface area (Å²) in [6.07, 6.45) is -0.645. The van der Waals surface area contributed by atoms with Crippen molar-refractivity contribution >= 4 is 18.0 Å². The molecule has 1 aliphatic carbocycles. The van der Waals surface area contributed by atoms with Gasteiger partial charge in [0.15, 0.2) is 0 Å². The van der Waals surface area contributed by atoms with Gasteiger partial charge in [-0.25, -0.2) is 4.79 Å². The number of hydrogen-bond acceptors (Lipinski definition) is 5. The molecule has 0 bridgehead atoms. The molecule has 8 heteroatoms. The van der Waals surface area contributed by atoms with Crippen LogP contribution in [0.3, 0.4) is 0 Å². The minimum absolute atomic E-state index is 0.0441. The van der Waals surface area contributed by atoms with Gasteiger partial charge in [0.2, 0.25) is 0 Å². The van der Waals surface area contributed by atoms with Crippen LogP contribution >= 0.6 is 0 Å². The van der Waals surface area contributed by atoms with Crippen LogP contribution in [0.15, 0.2) is 48.5 Å². The van der Waals surface area contributed by atoms with Crippen LogP contribution in [0.4, 0.5) is 4.79 Å². The maximum absolute atomic E-state index is 13.3. The number of carbonyl (C=O) groups is 3. The average Bonchev–Trinajstić information content (AvgIpc) is 3.16. The molecule has 0 radical (unpaired) electrons. The van der Waals surface area contributed by atoms with Crippen LogP contribution in [0, 0.1) is 0 Å². The molecule has 2 aromatic rings. The molecule has 8 nitrogen and oxygen atoms in total. The van der Waals surface area contributed by atoms with Gasteiger partial charge in [-0.3, -0.25) is 9.59 Å². The Morgan fingerprint density at radius 2 is 1.62 bits per heavy atom. The van der Waals surface area contributed by atoms with Crippen LogP contribution in [0.5, 0.6) is 0 Å². The SMILES string of the molecule is CCN(CCC(=O)O)C(=O)C(CC)(COC)NC(=O)OCC1c2ccccc2-c2ccccc21. The van der Waals surface area contributed by atoms with Gasteiger partial charge in [-0.1, -0.05) is 55.5 Å². The summed E-state index contributed by atoms with van der Waals surface area (Å²) < 4.78 is 10.9. The molecule has 1 unspecified atom stereocenters. The molecule has 34 heavy (non-hydrogen) atoms. The first-order valence-corrected chi connectivity index (χ1v) is 11.5. The van der Waals surface area contributed by atoms with Crippen LogP contribution in [0.2, 0.25) is 0 Å². The van der Waals surface area contributed by atoms with Gasteiger partial charge in [0.1, 0.15) is 12.1 Å². The number of likely N-dealkylation sites (N-methyl/N-ethyl adjacent to an activating group) is 1. The second kappa shape index (κ2) is 11.2. The maximum atomic E-state index is 13.3. The lowest BCUT2D eigenvalue weighted by molar-refractivity contribution is -0.142. The van der Waals surface area contributed by atoms with E-state index in [-0.39, 0.29) is 38.5 Å². The Hall–Kier alpha value is -3.39. The Morgan fingerprint density at radius 1 is 1.03 bits per heavy atom. The van der Waals surface area contributed by atoms with Gasteiger partial charge in [0.05, 0.1) is 13.0 Å². The van der Waals surface area contributed by atoms with E-state index < -0.39 is 23.5 Å². The minimum atomic E-state index is -1.36. The summed E-state index contributed by atoms with van der Waals surface area (Å²) in [7, 11) is 1.45. The van der Waals surface area contributed by atoms with E-state index in [1.807, 2.05) is 36.4 Å². The number of carboxylic acid groups (broad SMARTS) is 1. The molecule has 0 saturated heterocycles. The number of ether oxygens (including phenoxy) is 2. The molecule has 0 spiro atoms. The first-order valence-electron chi connectivity index (χ1n) is 11.5. The molecule has 1 aliphatic rings. The molecule has 3 rings (SSSR count). The quantitative estimate of drug-likeness (QED) is 0.522. The van der Waals surface area contributed by atoms with E-state index in [1.54, 1.807) is 13.8 Å². The second-order valence-corrected chi connectivity index (χ2v) is 8.35. The molecule has 0 aromatic heterocycles. The Labute approximate surface area is 199 Å². The molecular formula is C26H32N2O6. The van der Waals surface area contributed by atoms with E-state index in [0.29, 0.717) is 6.54 Å². The number of alkyl carbamates (subject to hydrolysis) is 1. The zero-order chi connectivity index (χ0) is 24.7. The van der Waals surface area contributed by atoms with Crippen molar-refractivity contribution in [3.05, 3.63) is 59.7 Å². The van der Waals surface area contributed by atoms with Crippen molar-refractivity contribution in [3.8, 4) is 11.1 Å². The molecular weight excluding hydrogens is 436 g/mol. The lowest BCUT2D eigenvalue weighted by Crippen LogP contribution is -2.62. The standard InChI is InChI=1S/C26H32N2O6/c1-4-26(17-33-3,24(31)28(5-2)15-14-23(29)30)27-25(32)34-16-22-20-12-8-6-10-18(20)19-11-7-9-13-21(19)22/h6-13,22H,4-5,14-17H2,1-3H3,(H,27,32)(H,29,30). The zero-order valence-corrected chi connectivity index (χ0v) is 19.9. The number of carboxylic acids is 1. The van der Waals surface area contributed by atoms with Crippen LogP contribution < -0.4 is 5.32 Å². The fourth-order valence-electron chi connectivity index (χ4n) is 4.51. The van der Waals surface area contributed by atoms with E-state index in [2.05, 4.69) is 17.4 Å². The molecule has 0 heterocycles. The number of nitrogens with zero attached hydrogens (tertiary/aromatic N) is 1. The Morgan fingerprint density at radius 3 is 2.12 bits per heavy atom. The summed E-state index contributed by atoms with van der Waals surface area (Å²) in [4.78, 5) is 38.7. The highest BCUT2D eigenvalue weighted by molar-refractivity contribution is 5.90. The lowest BCUT2D eigenvalue weighted by atomic mass is 9.95. The van der Waals surface area contributed by atoms with Crippen molar-refractivity contribution in [2.75, 3.05) is 33.4 Å². The highest BCUT2D eigenvalue weighted by atomic mass is 16.5. The predicted molar refractivity (Wildman–Crippen MR) is 128 cm³/mol. The summed E-state index contributed by atoms with van der Waals surface area (Å²) in [6, 6.07) is 16.1. The van der Waals surface area contributed by atoms with Crippen molar-refractivity contribution in [2.45, 2.75) is 38.1 Å². The fraction of sp³-hybridized carbons (Fsp3) is 0.423. The van der Waals surface area contributed by atoms with Gasteiger partial charge >= 0.3 is 12.1 Å². The number of nitrogens with one attached hydrogen (secondary N) is 1. The fourth-order valence-corrected chi connectivity index (χ4v) is 4.51. The number of fused-ring (bicyclic) bond motifs is 3. The smallest absolute Gasteiger partial charge is 0.408 e. The van der Waals surface area contributed by atoms with E-state index in [9.17, 15) is 14.4 Å². The van der Waals surface area contributed by atoms with Crippen LogP contribution in [0.25, 0.3) is 11.1 Å². The first-order chi connectivity index (χ1) is 16.4. The first kappa shape index (κ1) is 25.2. The monoisotopic (exact) mass is 468 g/mol. The topological polar surface area (TPSA) is 105 Å². The third-order valence-corrected chi connectivity index (χ3v) is 6.35. The number of rotatable bonds is 11. The third kappa shape index (κ3) is 5.22. The highest BCUT2D eigenvalue weighted by Crippen LogP contribution is 2.44.